The minimum Gasteiger partial charge on any atom is -0.449 e. The number of nitriles is 1. The highest BCUT2D eigenvalue weighted by molar-refractivity contribution is 5.98. The summed E-state index contributed by atoms with van der Waals surface area (Å²) in [4.78, 5) is 38.2. The van der Waals surface area contributed by atoms with Gasteiger partial charge in [0.1, 0.15) is 5.54 Å². The number of carbonyl (C=O) groups excluding carboxylic acids is 3. The van der Waals surface area contributed by atoms with Crippen LogP contribution in [0.25, 0.3) is 0 Å². The lowest BCUT2D eigenvalue weighted by Crippen LogP contribution is -2.52. The zero-order valence-electron chi connectivity index (χ0n) is 16.1. The number of nitrogens with zero attached hydrogens (tertiary/aromatic N) is 2. The predicted molar refractivity (Wildman–Crippen MR) is 99.9 cm³/mol. The Morgan fingerprint density at radius 1 is 1.33 bits per heavy atom. The Kier molecular flexibility index (Phi) is 6.21. The fourth-order valence-electron chi connectivity index (χ4n) is 2.66. The maximum atomic E-state index is 12.4. The van der Waals surface area contributed by atoms with Crippen molar-refractivity contribution < 1.29 is 19.1 Å². The topological polar surface area (TPSA) is 99.5 Å². The largest absolute Gasteiger partial charge is 0.449 e. The molecule has 144 valence electrons. The van der Waals surface area contributed by atoms with Crippen molar-refractivity contribution in [2.75, 3.05) is 11.4 Å². The minimum atomic E-state index is -1.05. The maximum Gasteiger partial charge on any atom is 0.338 e. The van der Waals surface area contributed by atoms with Crippen LogP contribution in [0.2, 0.25) is 0 Å². The van der Waals surface area contributed by atoms with E-state index < -0.39 is 23.5 Å². The van der Waals surface area contributed by atoms with Crippen molar-refractivity contribution in [3.05, 3.63) is 29.8 Å². The predicted octanol–water partition coefficient (Wildman–Crippen LogP) is 2.41. The number of hydrogen-bond donors (Lipinski definition) is 1. The van der Waals surface area contributed by atoms with E-state index >= 15 is 0 Å². The van der Waals surface area contributed by atoms with Crippen LogP contribution < -0.4 is 10.2 Å². The van der Waals surface area contributed by atoms with E-state index in [2.05, 4.69) is 11.4 Å². The summed E-state index contributed by atoms with van der Waals surface area (Å²) in [6, 6.07) is 8.68. The van der Waals surface area contributed by atoms with Gasteiger partial charge in [-0.15, -0.1) is 0 Å². The van der Waals surface area contributed by atoms with Crippen LogP contribution in [0.5, 0.6) is 0 Å². The first-order valence-electron chi connectivity index (χ1n) is 9.02. The van der Waals surface area contributed by atoms with Gasteiger partial charge in [0.15, 0.2) is 6.10 Å². The number of esters is 1. The summed E-state index contributed by atoms with van der Waals surface area (Å²) >= 11 is 0. The Morgan fingerprint density at radius 3 is 2.59 bits per heavy atom. The molecule has 0 aromatic heterocycles. The molecule has 0 bridgehead atoms. The van der Waals surface area contributed by atoms with E-state index in [4.69, 9.17) is 4.74 Å². The molecular weight excluding hydrogens is 346 g/mol. The van der Waals surface area contributed by atoms with E-state index in [1.54, 1.807) is 36.1 Å². The van der Waals surface area contributed by atoms with Crippen molar-refractivity contribution in [3.8, 4) is 6.07 Å². The van der Waals surface area contributed by atoms with Crippen LogP contribution in [0.1, 0.15) is 50.9 Å². The molecule has 1 aliphatic rings. The fourth-order valence-corrected chi connectivity index (χ4v) is 2.66. The Hall–Kier alpha value is -2.88. The molecule has 1 saturated heterocycles. The van der Waals surface area contributed by atoms with Crippen LogP contribution in [-0.4, -0.2) is 36.0 Å². The fraction of sp³-hybridized carbons (Fsp3) is 0.500. The van der Waals surface area contributed by atoms with Gasteiger partial charge in [-0.05, 0) is 44.4 Å². The third-order valence-electron chi connectivity index (χ3n) is 4.89. The third-order valence-corrected chi connectivity index (χ3v) is 4.89. The number of amides is 2. The first-order chi connectivity index (χ1) is 12.7. The standard InChI is InChI=1S/C20H25N3O4/c1-13(2)20(4,12-21)22-18(25)14(3)27-19(26)15-7-5-8-16(11-15)23-10-6-9-17(23)24/h5,7-8,11,13-14H,6,9-10H2,1-4H3,(H,22,25). The molecule has 2 amide bonds. The van der Waals surface area contributed by atoms with Crippen molar-refractivity contribution >= 4 is 23.5 Å². The summed E-state index contributed by atoms with van der Waals surface area (Å²) in [5, 5.41) is 11.9. The monoisotopic (exact) mass is 371 g/mol. The second kappa shape index (κ2) is 8.21. The Morgan fingerprint density at radius 2 is 2.04 bits per heavy atom. The first-order valence-corrected chi connectivity index (χ1v) is 9.02. The number of ether oxygens (including phenoxy) is 1. The molecule has 0 spiro atoms. The molecule has 0 saturated carbocycles. The number of anilines is 1. The molecule has 1 aromatic carbocycles. The van der Waals surface area contributed by atoms with E-state index in [0.29, 0.717) is 18.7 Å². The lowest BCUT2D eigenvalue weighted by atomic mass is 9.90. The molecule has 7 nitrogen and oxygen atoms in total. The van der Waals surface area contributed by atoms with E-state index in [9.17, 15) is 19.6 Å². The highest BCUT2D eigenvalue weighted by Gasteiger charge is 2.32. The molecule has 7 heteroatoms. The van der Waals surface area contributed by atoms with Crippen LogP contribution in [0.4, 0.5) is 5.69 Å². The third kappa shape index (κ3) is 4.64. The quantitative estimate of drug-likeness (QED) is 0.774. The van der Waals surface area contributed by atoms with Gasteiger partial charge in [-0.3, -0.25) is 9.59 Å². The second-order valence-electron chi connectivity index (χ2n) is 7.20. The van der Waals surface area contributed by atoms with Gasteiger partial charge in [0.05, 0.1) is 11.6 Å². The summed E-state index contributed by atoms with van der Waals surface area (Å²) in [7, 11) is 0. The second-order valence-corrected chi connectivity index (χ2v) is 7.20. The molecule has 27 heavy (non-hydrogen) atoms. The lowest BCUT2D eigenvalue weighted by Gasteiger charge is -2.28. The summed E-state index contributed by atoms with van der Waals surface area (Å²) in [6.07, 6.45) is 0.235. The van der Waals surface area contributed by atoms with Gasteiger partial charge in [-0.1, -0.05) is 19.9 Å². The molecule has 2 atom stereocenters. The number of hydrogen-bond acceptors (Lipinski definition) is 5. The van der Waals surface area contributed by atoms with Gasteiger partial charge in [-0.2, -0.15) is 5.26 Å². The molecule has 1 aliphatic heterocycles. The number of carbonyl (C=O) groups is 3. The van der Waals surface area contributed by atoms with E-state index in [1.165, 1.54) is 6.92 Å². The Balaban J connectivity index is 2.05. The van der Waals surface area contributed by atoms with Crippen molar-refractivity contribution in [2.24, 2.45) is 5.92 Å². The first kappa shape index (κ1) is 20.4. The zero-order chi connectivity index (χ0) is 20.2. The van der Waals surface area contributed by atoms with Crippen LogP contribution in [0, 0.1) is 17.2 Å². The summed E-state index contributed by atoms with van der Waals surface area (Å²) in [5.41, 5.74) is -0.145. The average Bonchev–Trinajstić information content (AvgIpc) is 3.07. The van der Waals surface area contributed by atoms with Crippen molar-refractivity contribution in [3.63, 3.8) is 0 Å². The molecule has 1 fully saturated rings. The smallest absolute Gasteiger partial charge is 0.338 e. The van der Waals surface area contributed by atoms with Crippen molar-refractivity contribution in [2.45, 2.75) is 52.2 Å². The van der Waals surface area contributed by atoms with Crippen molar-refractivity contribution in [1.29, 1.82) is 5.26 Å². The van der Waals surface area contributed by atoms with E-state index in [1.807, 2.05) is 13.8 Å². The normalized spacial score (nSPS) is 17.2. The molecule has 0 aliphatic carbocycles. The van der Waals surface area contributed by atoms with Gasteiger partial charge < -0.3 is 15.0 Å². The molecule has 0 radical (unpaired) electrons. The number of benzene rings is 1. The van der Waals surface area contributed by atoms with E-state index in [0.717, 1.165) is 6.42 Å². The SMILES string of the molecule is CC(OC(=O)c1cccc(N2CCCC2=O)c1)C(=O)NC(C)(C#N)C(C)C. The molecule has 1 N–H and O–H groups in total. The number of nitrogens with one attached hydrogen (secondary N) is 1. The van der Waals surface area contributed by atoms with Gasteiger partial charge in [-0.25, -0.2) is 4.79 Å². The molecule has 2 rings (SSSR count). The van der Waals surface area contributed by atoms with Crippen molar-refractivity contribution in [1.82, 2.24) is 5.32 Å². The molecule has 1 aromatic rings. The van der Waals surface area contributed by atoms with Crippen LogP contribution in [-0.2, 0) is 14.3 Å². The minimum absolute atomic E-state index is 0.0257. The molecule has 1 heterocycles. The highest BCUT2D eigenvalue weighted by Crippen LogP contribution is 2.23. The zero-order valence-corrected chi connectivity index (χ0v) is 16.1. The van der Waals surface area contributed by atoms with Crippen LogP contribution in [0.3, 0.4) is 0 Å². The van der Waals surface area contributed by atoms with Crippen LogP contribution in [0.15, 0.2) is 24.3 Å². The molecule has 2 unspecified atom stereocenters. The number of rotatable bonds is 6. The van der Waals surface area contributed by atoms with Crippen LogP contribution >= 0.6 is 0 Å². The highest BCUT2D eigenvalue weighted by atomic mass is 16.5. The van der Waals surface area contributed by atoms with Gasteiger partial charge in [0.2, 0.25) is 5.91 Å². The Labute approximate surface area is 159 Å². The summed E-state index contributed by atoms with van der Waals surface area (Å²) in [5.74, 6) is -1.27. The van der Waals surface area contributed by atoms with Gasteiger partial charge in [0.25, 0.3) is 5.91 Å². The van der Waals surface area contributed by atoms with Gasteiger partial charge >= 0.3 is 5.97 Å². The summed E-state index contributed by atoms with van der Waals surface area (Å²) < 4.78 is 5.25. The maximum absolute atomic E-state index is 12.4. The Bertz CT molecular complexity index is 784. The summed E-state index contributed by atoms with van der Waals surface area (Å²) in [6.45, 7) is 7.36. The lowest BCUT2D eigenvalue weighted by molar-refractivity contribution is -0.130. The molecular formula is C20H25N3O4. The van der Waals surface area contributed by atoms with E-state index in [-0.39, 0.29) is 17.4 Å². The average molecular weight is 371 g/mol. The van der Waals surface area contributed by atoms with Gasteiger partial charge in [0, 0.05) is 18.7 Å².